The number of halogens is 1. The molecule has 0 saturated carbocycles. The highest BCUT2D eigenvalue weighted by Crippen LogP contribution is 2.25. The van der Waals surface area contributed by atoms with Crippen molar-refractivity contribution in [1.29, 1.82) is 0 Å². The lowest BCUT2D eigenvalue weighted by molar-refractivity contribution is 0.935. The van der Waals surface area contributed by atoms with Gasteiger partial charge in [-0.25, -0.2) is 4.98 Å². The fourth-order valence-corrected chi connectivity index (χ4v) is 2.17. The molecule has 0 amide bonds. The first-order valence-electron chi connectivity index (χ1n) is 6.17. The lowest BCUT2D eigenvalue weighted by atomic mass is 10.1. The second kappa shape index (κ2) is 5.57. The molecule has 1 aromatic carbocycles. The molecule has 2 rings (SSSR count). The van der Waals surface area contributed by atoms with Gasteiger partial charge in [-0.1, -0.05) is 22.9 Å². The predicted octanol–water partition coefficient (Wildman–Crippen LogP) is 4.07. The van der Waals surface area contributed by atoms with Crippen LogP contribution in [0.5, 0.6) is 0 Å². The van der Waals surface area contributed by atoms with Crippen LogP contribution in [0.4, 0.5) is 5.95 Å². The number of aryl methyl sites for hydroxylation is 2. The Kier molecular flexibility index (Phi) is 4.07. The van der Waals surface area contributed by atoms with Gasteiger partial charge in [0.1, 0.15) is 0 Å². The first-order valence-corrected chi connectivity index (χ1v) is 6.97. The van der Waals surface area contributed by atoms with Gasteiger partial charge in [-0.15, -0.1) is 0 Å². The molecule has 4 heteroatoms. The van der Waals surface area contributed by atoms with E-state index in [-0.39, 0.29) is 0 Å². The summed E-state index contributed by atoms with van der Waals surface area (Å²) in [5, 5.41) is 3.34. The average molecular weight is 308 g/mol. The SMILES string of the molecule is CCCNc1nccn1-c1cc(C)c(Br)c(C)c1. The predicted molar refractivity (Wildman–Crippen MR) is 79.5 cm³/mol. The van der Waals surface area contributed by atoms with Crippen molar-refractivity contribution in [3.05, 3.63) is 40.1 Å². The fourth-order valence-electron chi connectivity index (χ4n) is 1.94. The highest BCUT2D eigenvalue weighted by molar-refractivity contribution is 9.10. The molecule has 0 fully saturated rings. The van der Waals surface area contributed by atoms with Crippen LogP contribution in [0.2, 0.25) is 0 Å². The lowest BCUT2D eigenvalue weighted by Crippen LogP contribution is -2.07. The molecule has 18 heavy (non-hydrogen) atoms. The van der Waals surface area contributed by atoms with E-state index in [9.17, 15) is 0 Å². The Morgan fingerprint density at radius 3 is 2.56 bits per heavy atom. The van der Waals surface area contributed by atoms with Crippen molar-refractivity contribution in [1.82, 2.24) is 9.55 Å². The first-order chi connectivity index (χ1) is 8.63. The summed E-state index contributed by atoms with van der Waals surface area (Å²) in [6, 6.07) is 4.33. The lowest BCUT2D eigenvalue weighted by Gasteiger charge is -2.12. The van der Waals surface area contributed by atoms with Crippen molar-refractivity contribution >= 4 is 21.9 Å². The van der Waals surface area contributed by atoms with E-state index in [2.05, 4.69) is 63.7 Å². The van der Waals surface area contributed by atoms with Crippen LogP contribution in [0.1, 0.15) is 24.5 Å². The van der Waals surface area contributed by atoms with Crippen molar-refractivity contribution in [3.8, 4) is 5.69 Å². The molecule has 1 heterocycles. The minimum absolute atomic E-state index is 0.901. The Hall–Kier alpha value is -1.29. The van der Waals surface area contributed by atoms with Crippen LogP contribution >= 0.6 is 15.9 Å². The van der Waals surface area contributed by atoms with Gasteiger partial charge in [0.25, 0.3) is 0 Å². The molecule has 0 saturated heterocycles. The molecule has 0 aliphatic heterocycles. The molecule has 96 valence electrons. The van der Waals surface area contributed by atoms with Crippen LogP contribution in [0.3, 0.4) is 0 Å². The number of aromatic nitrogens is 2. The average Bonchev–Trinajstić information content (AvgIpc) is 2.81. The number of benzene rings is 1. The van der Waals surface area contributed by atoms with Gasteiger partial charge < -0.3 is 5.32 Å². The minimum Gasteiger partial charge on any atom is -0.355 e. The maximum atomic E-state index is 4.35. The molecule has 1 N–H and O–H groups in total. The van der Waals surface area contributed by atoms with Gasteiger partial charge in [-0.05, 0) is 43.5 Å². The normalized spacial score (nSPS) is 10.7. The zero-order chi connectivity index (χ0) is 13.1. The second-order valence-electron chi connectivity index (χ2n) is 4.44. The van der Waals surface area contributed by atoms with Crippen LogP contribution in [0.15, 0.2) is 29.0 Å². The third-order valence-electron chi connectivity index (χ3n) is 2.87. The third-order valence-corrected chi connectivity index (χ3v) is 4.12. The van der Waals surface area contributed by atoms with E-state index >= 15 is 0 Å². The molecule has 0 radical (unpaired) electrons. The minimum atomic E-state index is 0.901. The fraction of sp³-hybridized carbons (Fsp3) is 0.357. The largest absolute Gasteiger partial charge is 0.355 e. The highest BCUT2D eigenvalue weighted by Gasteiger charge is 2.07. The number of hydrogen-bond donors (Lipinski definition) is 1. The number of nitrogens with one attached hydrogen (secondary N) is 1. The monoisotopic (exact) mass is 307 g/mol. The summed E-state index contributed by atoms with van der Waals surface area (Å²) in [6.07, 6.45) is 4.90. The molecular formula is C14H18BrN3. The van der Waals surface area contributed by atoms with Crippen LogP contribution in [0.25, 0.3) is 5.69 Å². The van der Waals surface area contributed by atoms with Gasteiger partial charge in [-0.3, -0.25) is 4.57 Å². The zero-order valence-corrected chi connectivity index (χ0v) is 12.6. The zero-order valence-electron chi connectivity index (χ0n) is 11.0. The Morgan fingerprint density at radius 2 is 1.94 bits per heavy atom. The highest BCUT2D eigenvalue weighted by atomic mass is 79.9. The van der Waals surface area contributed by atoms with E-state index in [1.165, 1.54) is 15.6 Å². The molecule has 0 aliphatic rings. The summed E-state index contributed by atoms with van der Waals surface area (Å²) in [5.74, 6) is 0.901. The molecule has 0 unspecified atom stereocenters. The number of rotatable bonds is 4. The van der Waals surface area contributed by atoms with E-state index in [4.69, 9.17) is 0 Å². The second-order valence-corrected chi connectivity index (χ2v) is 5.23. The Labute approximate surface area is 116 Å². The van der Waals surface area contributed by atoms with Crippen molar-refractivity contribution < 1.29 is 0 Å². The maximum Gasteiger partial charge on any atom is 0.207 e. The number of imidazole rings is 1. The molecular weight excluding hydrogens is 290 g/mol. The van der Waals surface area contributed by atoms with Crippen molar-refractivity contribution in [2.75, 3.05) is 11.9 Å². The van der Waals surface area contributed by atoms with Gasteiger partial charge in [0, 0.05) is 29.1 Å². The summed E-state index contributed by atoms with van der Waals surface area (Å²) >= 11 is 3.60. The van der Waals surface area contributed by atoms with E-state index in [1.807, 2.05) is 12.4 Å². The van der Waals surface area contributed by atoms with Crippen LogP contribution < -0.4 is 5.32 Å². The van der Waals surface area contributed by atoms with Gasteiger partial charge in [-0.2, -0.15) is 0 Å². The molecule has 0 spiro atoms. The van der Waals surface area contributed by atoms with Gasteiger partial charge in [0.05, 0.1) is 0 Å². The van der Waals surface area contributed by atoms with Crippen molar-refractivity contribution in [2.24, 2.45) is 0 Å². The Balaban J connectivity index is 2.40. The summed E-state index contributed by atoms with van der Waals surface area (Å²) in [7, 11) is 0. The molecule has 0 aliphatic carbocycles. The summed E-state index contributed by atoms with van der Waals surface area (Å²) < 4.78 is 3.26. The Bertz CT molecular complexity index is 523. The van der Waals surface area contributed by atoms with Crippen LogP contribution in [-0.4, -0.2) is 16.1 Å². The summed E-state index contributed by atoms with van der Waals surface area (Å²) in [6.45, 7) is 7.30. The van der Waals surface area contributed by atoms with E-state index in [1.54, 1.807) is 0 Å². The molecule has 0 atom stereocenters. The topological polar surface area (TPSA) is 29.9 Å². The molecule has 1 aromatic heterocycles. The molecule has 0 bridgehead atoms. The smallest absolute Gasteiger partial charge is 0.207 e. The quantitative estimate of drug-likeness (QED) is 0.922. The third kappa shape index (κ3) is 2.58. The summed E-state index contributed by atoms with van der Waals surface area (Å²) in [4.78, 5) is 4.35. The summed E-state index contributed by atoms with van der Waals surface area (Å²) in [5.41, 5.74) is 3.62. The van der Waals surface area contributed by atoms with Gasteiger partial charge in [0.2, 0.25) is 5.95 Å². The van der Waals surface area contributed by atoms with Crippen molar-refractivity contribution in [2.45, 2.75) is 27.2 Å². The molecule has 2 aromatic rings. The van der Waals surface area contributed by atoms with E-state index in [0.29, 0.717) is 0 Å². The maximum absolute atomic E-state index is 4.35. The van der Waals surface area contributed by atoms with Gasteiger partial charge >= 0.3 is 0 Å². The van der Waals surface area contributed by atoms with Crippen molar-refractivity contribution in [3.63, 3.8) is 0 Å². The van der Waals surface area contributed by atoms with E-state index < -0.39 is 0 Å². The van der Waals surface area contributed by atoms with Gasteiger partial charge in [0.15, 0.2) is 0 Å². The number of anilines is 1. The van der Waals surface area contributed by atoms with Crippen LogP contribution in [-0.2, 0) is 0 Å². The van der Waals surface area contributed by atoms with E-state index in [0.717, 1.165) is 24.6 Å². The molecule has 3 nitrogen and oxygen atoms in total. The van der Waals surface area contributed by atoms with Crippen LogP contribution in [0, 0.1) is 13.8 Å². The standard InChI is InChI=1S/C14H18BrN3/c1-4-5-16-14-17-6-7-18(14)12-8-10(2)13(15)11(3)9-12/h6-9H,4-5H2,1-3H3,(H,16,17). The number of nitrogens with zero attached hydrogens (tertiary/aromatic N) is 2. The Morgan fingerprint density at radius 1 is 1.28 bits per heavy atom. The number of hydrogen-bond acceptors (Lipinski definition) is 2. The first kappa shape index (κ1) is 13.1.